The fourth-order valence-corrected chi connectivity index (χ4v) is 1.78. The fraction of sp³-hybridized carbons (Fsp3) is 0.600. The second-order valence-electron chi connectivity index (χ2n) is 5.10. The molecule has 1 aromatic rings. The van der Waals surface area contributed by atoms with Gasteiger partial charge >= 0.3 is 0 Å². The molecule has 1 aromatic carbocycles. The van der Waals surface area contributed by atoms with Gasteiger partial charge in [0.25, 0.3) is 0 Å². The van der Waals surface area contributed by atoms with Crippen molar-refractivity contribution in [2.75, 3.05) is 12.5 Å². The topological polar surface area (TPSA) is 9.23 Å². The first-order valence-corrected chi connectivity index (χ1v) is 6.93. The van der Waals surface area contributed by atoms with Gasteiger partial charge in [-0.2, -0.15) is 0 Å². The summed E-state index contributed by atoms with van der Waals surface area (Å²) in [5, 5.41) is 0. The largest absolute Gasteiger partial charge is 0.494 e. The molecular weight excluding hydrogens is 232 g/mol. The Morgan fingerprint density at radius 3 is 2.29 bits per heavy atom. The number of rotatable bonds is 7. The van der Waals surface area contributed by atoms with Crippen LogP contribution in [0.25, 0.3) is 0 Å². The summed E-state index contributed by atoms with van der Waals surface area (Å²) in [4.78, 5) is 0. The number of ether oxygens (including phenoxy) is 1. The van der Waals surface area contributed by atoms with Gasteiger partial charge in [0, 0.05) is 11.3 Å². The van der Waals surface area contributed by atoms with Gasteiger partial charge in [0.05, 0.1) is 6.61 Å². The molecule has 0 fully saturated rings. The monoisotopic (exact) mass is 254 g/mol. The molecule has 1 nitrogen and oxygen atoms in total. The SMILES string of the molecule is CCCCCOc1ccc(C(C)(C)CCl)cc1. The Morgan fingerprint density at radius 2 is 1.76 bits per heavy atom. The van der Waals surface area contributed by atoms with Gasteiger partial charge in [-0.3, -0.25) is 0 Å². The van der Waals surface area contributed by atoms with Crippen LogP contribution in [0.2, 0.25) is 0 Å². The summed E-state index contributed by atoms with van der Waals surface area (Å²) < 4.78 is 5.68. The molecule has 0 radical (unpaired) electrons. The lowest BCUT2D eigenvalue weighted by Gasteiger charge is -2.22. The van der Waals surface area contributed by atoms with Crippen LogP contribution in [0.4, 0.5) is 0 Å². The molecule has 0 heterocycles. The zero-order valence-electron chi connectivity index (χ0n) is 11.1. The number of hydrogen-bond acceptors (Lipinski definition) is 1. The van der Waals surface area contributed by atoms with Crippen LogP contribution in [0, 0.1) is 0 Å². The second-order valence-corrected chi connectivity index (χ2v) is 5.36. The molecule has 0 N–H and O–H groups in total. The predicted octanol–water partition coefficient (Wildman–Crippen LogP) is 4.77. The second kappa shape index (κ2) is 6.90. The molecule has 0 amide bonds. The van der Waals surface area contributed by atoms with E-state index in [1.165, 1.54) is 18.4 Å². The van der Waals surface area contributed by atoms with E-state index in [-0.39, 0.29) is 5.41 Å². The maximum atomic E-state index is 5.95. The number of unbranched alkanes of at least 4 members (excludes halogenated alkanes) is 2. The van der Waals surface area contributed by atoms with E-state index in [1.54, 1.807) is 0 Å². The zero-order chi connectivity index (χ0) is 12.7. The average Bonchev–Trinajstić information content (AvgIpc) is 2.35. The van der Waals surface area contributed by atoms with E-state index >= 15 is 0 Å². The predicted molar refractivity (Wildman–Crippen MR) is 75.2 cm³/mol. The highest BCUT2D eigenvalue weighted by molar-refractivity contribution is 6.18. The average molecular weight is 255 g/mol. The van der Waals surface area contributed by atoms with Crippen LogP contribution in [0.3, 0.4) is 0 Å². The first-order valence-electron chi connectivity index (χ1n) is 6.39. The summed E-state index contributed by atoms with van der Waals surface area (Å²) in [5.74, 6) is 1.58. The summed E-state index contributed by atoms with van der Waals surface area (Å²) in [7, 11) is 0. The molecule has 0 unspecified atom stereocenters. The number of halogens is 1. The molecule has 0 bridgehead atoms. The van der Waals surface area contributed by atoms with Crippen LogP contribution in [-0.2, 0) is 5.41 Å². The Morgan fingerprint density at radius 1 is 1.12 bits per heavy atom. The third-order valence-electron chi connectivity index (χ3n) is 2.99. The Kier molecular flexibility index (Phi) is 5.84. The summed E-state index contributed by atoms with van der Waals surface area (Å²) >= 11 is 5.95. The van der Waals surface area contributed by atoms with E-state index in [0.29, 0.717) is 5.88 Å². The van der Waals surface area contributed by atoms with Crippen molar-refractivity contribution in [3.05, 3.63) is 29.8 Å². The van der Waals surface area contributed by atoms with E-state index in [2.05, 4.69) is 32.9 Å². The van der Waals surface area contributed by atoms with Crippen LogP contribution < -0.4 is 4.74 Å². The summed E-state index contributed by atoms with van der Waals surface area (Å²) in [6, 6.07) is 8.29. The van der Waals surface area contributed by atoms with E-state index in [9.17, 15) is 0 Å². The quantitative estimate of drug-likeness (QED) is 0.503. The third-order valence-corrected chi connectivity index (χ3v) is 3.65. The van der Waals surface area contributed by atoms with Crippen molar-refractivity contribution in [1.29, 1.82) is 0 Å². The first kappa shape index (κ1) is 14.4. The Balaban J connectivity index is 2.50. The molecule has 0 spiro atoms. The minimum absolute atomic E-state index is 0.0301. The Bertz CT molecular complexity index is 316. The van der Waals surface area contributed by atoms with Crippen LogP contribution >= 0.6 is 11.6 Å². The lowest BCUT2D eigenvalue weighted by Crippen LogP contribution is -2.18. The molecule has 0 aliphatic heterocycles. The van der Waals surface area contributed by atoms with Gasteiger partial charge in [0.15, 0.2) is 0 Å². The smallest absolute Gasteiger partial charge is 0.119 e. The maximum absolute atomic E-state index is 5.95. The van der Waals surface area contributed by atoms with Gasteiger partial charge in [-0.25, -0.2) is 0 Å². The van der Waals surface area contributed by atoms with Crippen LogP contribution in [-0.4, -0.2) is 12.5 Å². The molecule has 0 saturated heterocycles. The summed E-state index contributed by atoms with van der Waals surface area (Å²) in [6.07, 6.45) is 3.59. The third kappa shape index (κ3) is 4.59. The molecule has 1 rings (SSSR count). The van der Waals surface area contributed by atoms with Crippen LogP contribution in [0.5, 0.6) is 5.75 Å². The van der Waals surface area contributed by atoms with E-state index in [0.717, 1.165) is 18.8 Å². The normalized spacial score (nSPS) is 11.5. The number of alkyl halides is 1. The lowest BCUT2D eigenvalue weighted by molar-refractivity contribution is 0.306. The van der Waals surface area contributed by atoms with Crippen molar-refractivity contribution in [2.45, 2.75) is 45.4 Å². The van der Waals surface area contributed by atoms with Crippen molar-refractivity contribution in [3.8, 4) is 5.75 Å². The van der Waals surface area contributed by atoms with Crippen LogP contribution in [0.15, 0.2) is 24.3 Å². The first-order chi connectivity index (χ1) is 8.10. The van der Waals surface area contributed by atoms with Gasteiger partial charge in [-0.15, -0.1) is 11.6 Å². The van der Waals surface area contributed by atoms with Crippen molar-refractivity contribution >= 4 is 11.6 Å². The molecule has 0 atom stereocenters. The van der Waals surface area contributed by atoms with Crippen molar-refractivity contribution in [3.63, 3.8) is 0 Å². The Hall–Kier alpha value is -0.690. The van der Waals surface area contributed by atoms with Crippen molar-refractivity contribution in [2.24, 2.45) is 0 Å². The molecule has 0 saturated carbocycles. The van der Waals surface area contributed by atoms with E-state index in [1.807, 2.05) is 12.1 Å². The minimum atomic E-state index is 0.0301. The molecular formula is C15H23ClO. The summed E-state index contributed by atoms with van der Waals surface area (Å²) in [5.41, 5.74) is 1.29. The van der Waals surface area contributed by atoms with Crippen molar-refractivity contribution in [1.82, 2.24) is 0 Å². The van der Waals surface area contributed by atoms with Gasteiger partial charge in [0.2, 0.25) is 0 Å². The molecule has 96 valence electrons. The van der Waals surface area contributed by atoms with Gasteiger partial charge < -0.3 is 4.74 Å². The van der Waals surface area contributed by atoms with Gasteiger partial charge in [0.1, 0.15) is 5.75 Å². The minimum Gasteiger partial charge on any atom is -0.494 e. The molecule has 0 aromatic heterocycles. The number of hydrogen-bond donors (Lipinski definition) is 0. The number of benzene rings is 1. The molecule has 0 aliphatic carbocycles. The lowest BCUT2D eigenvalue weighted by atomic mass is 9.87. The molecule has 2 heteroatoms. The standard InChI is InChI=1S/C15H23ClO/c1-4-5-6-11-17-14-9-7-13(8-10-14)15(2,3)12-16/h7-10H,4-6,11-12H2,1-3H3. The Labute approximate surface area is 110 Å². The zero-order valence-corrected chi connectivity index (χ0v) is 11.9. The highest BCUT2D eigenvalue weighted by atomic mass is 35.5. The maximum Gasteiger partial charge on any atom is 0.119 e. The highest BCUT2D eigenvalue weighted by Gasteiger charge is 2.18. The van der Waals surface area contributed by atoms with Crippen molar-refractivity contribution < 1.29 is 4.74 Å². The van der Waals surface area contributed by atoms with E-state index in [4.69, 9.17) is 16.3 Å². The molecule has 17 heavy (non-hydrogen) atoms. The summed E-state index contributed by atoms with van der Waals surface area (Å²) in [6.45, 7) is 7.31. The fourth-order valence-electron chi connectivity index (χ4n) is 1.62. The molecule has 0 aliphatic rings. The highest BCUT2D eigenvalue weighted by Crippen LogP contribution is 2.26. The van der Waals surface area contributed by atoms with Gasteiger partial charge in [-0.05, 0) is 24.1 Å². The van der Waals surface area contributed by atoms with E-state index < -0.39 is 0 Å². The van der Waals surface area contributed by atoms with Gasteiger partial charge in [-0.1, -0.05) is 45.7 Å². The van der Waals surface area contributed by atoms with Crippen LogP contribution in [0.1, 0.15) is 45.6 Å².